The molecule has 1 aliphatic carbocycles. The fourth-order valence-electron chi connectivity index (χ4n) is 1.96. The molecule has 0 bridgehead atoms. The van der Waals surface area contributed by atoms with Crippen molar-refractivity contribution in [1.29, 1.82) is 0 Å². The number of aliphatic hydroxyl groups excluding tert-OH is 1. The second-order valence-corrected chi connectivity index (χ2v) is 5.28. The highest BCUT2D eigenvalue weighted by molar-refractivity contribution is 5.34. The smallest absolute Gasteiger partial charge is 0.133 e. The zero-order valence-corrected chi connectivity index (χ0v) is 10.6. The molecule has 1 heterocycles. The van der Waals surface area contributed by atoms with Crippen LogP contribution in [0.3, 0.4) is 0 Å². The number of anilines is 1. The van der Waals surface area contributed by atoms with E-state index < -0.39 is 0 Å². The molecule has 0 aromatic carbocycles. The summed E-state index contributed by atoms with van der Waals surface area (Å²) in [4.78, 5) is 8.72. The minimum absolute atomic E-state index is 0.280. The third kappa shape index (κ3) is 3.16. The first-order valence-corrected chi connectivity index (χ1v) is 6.33. The highest BCUT2D eigenvalue weighted by Crippen LogP contribution is 2.48. The second-order valence-electron chi connectivity index (χ2n) is 5.28. The fourth-order valence-corrected chi connectivity index (χ4v) is 1.96. The molecule has 2 N–H and O–H groups in total. The van der Waals surface area contributed by atoms with Gasteiger partial charge in [0, 0.05) is 25.3 Å². The molecule has 1 aromatic heterocycles. The van der Waals surface area contributed by atoms with Crippen molar-refractivity contribution in [3.05, 3.63) is 18.1 Å². The van der Waals surface area contributed by atoms with Gasteiger partial charge in [-0.05, 0) is 30.7 Å². The average molecular weight is 235 g/mol. The number of aliphatic hydroxyl groups is 1. The molecule has 1 aromatic rings. The standard InChI is InChI=1S/C13H21N3O/c1-10(2)12-14-7-3-11(16-12)15-9-13(4-5-13)6-8-17/h3,7,10,17H,4-6,8-9H2,1-2H3,(H,14,15,16). The van der Waals surface area contributed by atoms with E-state index in [4.69, 9.17) is 5.11 Å². The first kappa shape index (κ1) is 12.3. The first-order valence-electron chi connectivity index (χ1n) is 6.33. The highest BCUT2D eigenvalue weighted by atomic mass is 16.3. The van der Waals surface area contributed by atoms with Crippen molar-refractivity contribution >= 4 is 5.82 Å². The number of aromatic nitrogens is 2. The van der Waals surface area contributed by atoms with Gasteiger partial charge in [0.1, 0.15) is 11.6 Å². The molecule has 1 aliphatic rings. The lowest BCUT2D eigenvalue weighted by molar-refractivity contribution is 0.253. The monoisotopic (exact) mass is 235 g/mol. The SMILES string of the molecule is CC(C)c1nccc(NCC2(CCO)CC2)n1. The quantitative estimate of drug-likeness (QED) is 0.793. The van der Waals surface area contributed by atoms with Crippen LogP contribution in [-0.2, 0) is 0 Å². The first-order chi connectivity index (χ1) is 8.15. The molecule has 0 amide bonds. The summed E-state index contributed by atoms with van der Waals surface area (Å²) in [7, 11) is 0. The molecule has 0 unspecified atom stereocenters. The van der Waals surface area contributed by atoms with Gasteiger partial charge in [-0.1, -0.05) is 13.8 Å². The minimum atomic E-state index is 0.280. The Bertz CT molecular complexity index is 375. The molecule has 94 valence electrons. The predicted octanol–water partition coefficient (Wildman–Crippen LogP) is 2.17. The van der Waals surface area contributed by atoms with Crippen molar-refractivity contribution in [2.24, 2.45) is 5.41 Å². The summed E-state index contributed by atoms with van der Waals surface area (Å²) in [5.74, 6) is 2.12. The Morgan fingerprint density at radius 1 is 1.47 bits per heavy atom. The molecule has 2 rings (SSSR count). The average Bonchev–Trinajstić information content (AvgIpc) is 3.08. The Kier molecular flexibility index (Phi) is 3.62. The van der Waals surface area contributed by atoms with E-state index in [1.807, 2.05) is 6.07 Å². The molecular weight excluding hydrogens is 214 g/mol. The predicted molar refractivity (Wildman–Crippen MR) is 68.0 cm³/mol. The Labute approximate surface area is 102 Å². The van der Waals surface area contributed by atoms with E-state index in [2.05, 4.69) is 29.1 Å². The van der Waals surface area contributed by atoms with Crippen LogP contribution in [0.15, 0.2) is 12.3 Å². The van der Waals surface area contributed by atoms with Gasteiger partial charge < -0.3 is 10.4 Å². The van der Waals surface area contributed by atoms with Gasteiger partial charge in [-0.15, -0.1) is 0 Å². The van der Waals surface area contributed by atoms with Crippen LogP contribution in [0.25, 0.3) is 0 Å². The van der Waals surface area contributed by atoms with Gasteiger partial charge in [0.25, 0.3) is 0 Å². The maximum absolute atomic E-state index is 9.00. The van der Waals surface area contributed by atoms with Crippen molar-refractivity contribution in [3.63, 3.8) is 0 Å². The van der Waals surface area contributed by atoms with Crippen molar-refractivity contribution in [2.45, 2.75) is 39.0 Å². The van der Waals surface area contributed by atoms with Crippen molar-refractivity contribution < 1.29 is 5.11 Å². The lowest BCUT2D eigenvalue weighted by Gasteiger charge is -2.15. The van der Waals surface area contributed by atoms with E-state index in [0.29, 0.717) is 11.3 Å². The summed E-state index contributed by atoms with van der Waals surface area (Å²) >= 11 is 0. The normalized spacial score (nSPS) is 17.2. The third-order valence-electron chi connectivity index (χ3n) is 3.43. The largest absolute Gasteiger partial charge is 0.396 e. The van der Waals surface area contributed by atoms with Crippen molar-refractivity contribution in [3.8, 4) is 0 Å². The van der Waals surface area contributed by atoms with Gasteiger partial charge in [0.2, 0.25) is 0 Å². The fraction of sp³-hybridized carbons (Fsp3) is 0.692. The Hall–Kier alpha value is -1.16. The Balaban J connectivity index is 1.93. The highest BCUT2D eigenvalue weighted by Gasteiger charge is 2.41. The van der Waals surface area contributed by atoms with Crippen LogP contribution in [0.5, 0.6) is 0 Å². The zero-order chi connectivity index (χ0) is 12.3. The van der Waals surface area contributed by atoms with E-state index in [1.165, 1.54) is 12.8 Å². The van der Waals surface area contributed by atoms with Gasteiger partial charge in [-0.25, -0.2) is 9.97 Å². The van der Waals surface area contributed by atoms with Crippen LogP contribution < -0.4 is 5.32 Å². The number of nitrogens with zero attached hydrogens (tertiary/aromatic N) is 2. The van der Waals surface area contributed by atoms with Crippen LogP contribution >= 0.6 is 0 Å². The van der Waals surface area contributed by atoms with Crippen LogP contribution in [0.4, 0.5) is 5.82 Å². The van der Waals surface area contributed by atoms with Gasteiger partial charge >= 0.3 is 0 Å². The molecule has 0 saturated heterocycles. The summed E-state index contributed by atoms with van der Waals surface area (Å²) in [6, 6.07) is 1.90. The molecule has 0 atom stereocenters. The van der Waals surface area contributed by atoms with Gasteiger partial charge in [0.15, 0.2) is 0 Å². The molecule has 1 saturated carbocycles. The summed E-state index contributed by atoms with van der Waals surface area (Å²) in [6.07, 6.45) is 5.11. The molecule has 4 heteroatoms. The maximum Gasteiger partial charge on any atom is 0.133 e. The molecule has 0 aliphatic heterocycles. The molecular formula is C13H21N3O. The van der Waals surface area contributed by atoms with Crippen LogP contribution in [0.1, 0.15) is 44.9 Å². The number of hydrogen-bond donors (Lipinski definition) is 2. The lowest BCUT2D eigenvalue weighted by atomic mass is 10.0. The van der Waals surface area contributed by atoms with Crippen LogP contribution in [0, 0.1) is 5.41 Å². The van der Waals surface area contributed by atoms with E-state index in [0.717, 1.165) is 24.6 Å². The molecule has 0 spiro atoms. The number of rotatable bonds is 6. The van der Waals surface area contributed by atoms with Gasteiger partial charge in [-0.2, -0.15) is 0 Å². The second kappa shape index (κ2) is 5.00. The number of hydrogen-bond acceptors (Lipinski definition) is 4. The van der Waals surface area contributed by atoms with Crippen LogP contribution in [-0.4, -0.2) is 28.2 Å². The summed E-state index contributed by atoms with van der Waals surface area (Å²) in [6.45, 7) is 5.37. The third-order valence-corrected chi connectivity index (χ3v) is 3.43. The van der Waals surface area contributed by atoms with E-state index in [9.17, 15) is 0 Å². The summed E-state index contributed by atoms with van der Waals surface area (Å²) in [5, 5.41) is 12.4. The summed E-state index contributed by atoms with van der Waals surface area (Å²) < 4.78 is 0. The lowest BCUT2D eigenvalue weighted by Crippen LogP contribution is -2.17. The zero-order valence-electron chi connectivity index (χ0n) is 10.6. The molecule has 0 radical (unpaired) electrons. The molecule has 4 nitrogen and oxygen atoms in total. The topological polar surface area (TPSA) is 58.0 Å². The molecule has 17 heavy (non-hydrogen) atoms. The van der Waals surface area contributed by atoms with E-state index in [1.54, 1.807) is 6.20 Å². The van der Waals surface area contributed by atoms with Crippen molar-refractivity contribution in [2.75, 3.05) is 18.5 Å². The van der Waals surface area contributed by atoms with Gasteiger partial charge in [0.05, 0.1) is 0 Å². The van der Waals surface area contributed by atoms with E-state index >= 15 is 0 Å². The maximum atomic E-state index is 9.00. The van der Waals surface area contributed by atoms with Gasteiger partial charge in [-0.3, -0.25) is 0 Å². The van der Waals surface area contributed by atoms with E-state index in [-0.39, 0.29) is 6.61 Å². The van der Waals surface area contributed by atoms with Crippen LogP contribution in [0.2, 0.25) is 0 Å². The molecule has 1 fully saturated rings. The van der Waals surface area contributed by atoms with Crippen molar-refractivity contribution in [1.82, 2.24) is 9.97 Å². The number of nitrogens with one attached hydrogen (secondary N) is 1. The minimum Gasteiger partial charge on any atom is -0.396 e. The Morgan fingerprint density at radius 2 is 2.24 bits per heavy atom. The summed E-state index contributed by atoms with van der Waals surface area (Å²) in [5.41, 5.74) is 0.317. The Morgan fingerprint density at radius 3 is 2.82 bits per heavy atom.